The van der Waals surface area contributed by atoms with E-state index in [4.69, 9.17) is 4.74 Å². The van der Waals surface area contributed by atoms with E-state index in [1.54, 1.807) is 21.0 Å². The fourth-order valence-corrected chi connectivity index (χ4v) is 1.41. The number of amides is 1. The fourth-order valence-electron chi connectivity index (χ4n) is 1.41. The summed E-state index contributed by atoms with van der Waals surface area (Å²) in [5, 5.41) is 0. The molecule has 3 nitrogen and oxygen atoms in total. The van der Waals surface area contributed by atoms with Crippen LogP contribution in [-0.4, -0.2) is 31.0 Å². The van der Waals surface area contributed by atoms with Crippen molar-refractivity contribution in [3.63, 3.8) is 0 Å². The van der Waals surface area contributed by atoms with Gasteiger partial charge >= 0.3 is 0 Å². The predicted octanol–water partition coefficient (Wildman–Crippen LogP) is 2.16. The standard InChI is InChI=1S/C13H19NO2/c1-9-6-7-12(8-10(9)2)16-11(3)13(15)14(4)5/h6-8,11H,1-5H3. The van der Waals surface area contributed by atoms with Crippen molar-refractivity contribution in [2.45, 2.75) is 26.9 Å². The third-order valence-electron chi connectivity index (χ3n) is 2.58. The summed E-state index contributed by atoms with van der Waals surface area (Å²) in [7, 11) is 3.45. The van der Waals surface area contributed by atoms with E-state index < -0.39 is 6.10 Å². The molecule has 0 radical (unpaired) electrons. The van der Waals surface area contributed by atoms with Crippen LogP contribution >= 0.6 is 0 Å². The Hall–Kier alpha value is -1.51. The van der Waals surface area contributed by atoms with Crippen LogP contribution in [0.3, 0.4) is 0 Å². The monoisotopic (exact) mass is 221 g/mol. The molecule has 0 spiro atoms. The molecule has 0 aliphatic carbocycles. The highest BCUT2D eigenvalue weighted by Crippen LogP contribution is 2.17. The van der Waals surface area contributed by atoms with Crippen LogP contribution in [-0.2, 0) is 4.79 Å². The highest BCUT2D eigenvalue weighted by Gasteiger charge is 2.16. The molecule has 0 fully saturated rings. The van der Waals surface area contributed by atoms with Gasteiger partial charge in [-0.25, -0.2) is 0 Å². The molecule has 0 aliphatic rings. The van der Waals surface area contributed by atoms with Crippen LogP contribution in [0.25, 0.3) is 0 Å². The van der Waals surface area contributed by atoms with Gasteiger partial charge in [-0.15, -0.1) is 0 Å². The zero-order chi connectivity index (χ0) is 12.3. The summed E-state index contributed by atoms with van der Waals surface area (Å²) in [4.78, 5) is 13.1. The molecule has 0 aromatic heterocycles. The summed E-state index contributed by atoms with van der Waals surface area (Å²) in [6, 6.07) is 5.84. The molecule has 1 amide bonds. The van der Waals surface area contributed by atoms with Gasteiger partial charge in [0.25, 0.3) is 5.91 Å². The Balaban J connectivity index is 2.73. The van der Waals surface area contributed by atoms with E-state index in [1.807, 2.05) is 32.0 Å². The van der Waals surface area contributed by atoms with Gasteiger partial charge in [0.1, 0.15) is 5.75 Å². The van der Waals surface area contributed by atoms with Crippen LogP contribution in [0, 0.1) is 13.8 Å². The first-order valence-corrected chi connectivity index (χ1v) is 5.37. The summed E-state index contributed by atoms with van der Waals surface area (Å²) in [6.45, 7) is 5.84. The maximum Gasteiger partial charge on any atom is 0.262 e. The molecule has 0 bridgehead atoms. The first-order chi connectivity index (χ1) is 7.41. The van der Waals surface area contributed by atoms with Crippen molar-refractivity contribution in [2.24, 2.45) is 0 Å². The average Bonchev–Trinajstić information content (AvgIpc) is 2.22. The van der Waals surface area contributed by atoms with Crippen molar-refractivity contribution in [1.82, 2.24) is 4.90 Å². The van der Waals surface area contributed by atoms with Gasteiger partial charge in [-0.2, -0.15) is 0 Å². The summed E-state index contributed by atoms with van der Waals surface area (Å²) in [5.74, 6) is 0.712. The molecule has 88 valence electrons. The highest BCUT2D eigenvalue weighted by molar-refractivity contribution is 5.80. The molecule has 0 heterocycles. The van der Waals surface area contributed by atoms with E-state index in [-0.39, 0.29) is 5.91 Å². The van der Waals surface area contributed by atoms with Gasteiger partial charge in [0.2, 0.25) is 0 Å². The van der Waals surface area contributed by atoms with Crippen LogP contribution in [0.15, 0.2) is 18.2 Å². The lowest BCUT2D eigenvalue weighted by molar-refractivity contribution is -0.135. The van der Waals surface area contributed by atoms with Gasteiger partial charge in [-0.3, -0.25) is 4.79 Å². The summed E-state index contributed by atoms with van der Waals surface area (Å²) < 4.78 is 5.58. The Kier molecular flexibility index (Phi) is 3.93. The smallest absolute Gasteiger partial charge is 0.262 e. The molecular formula is C13H19NO2. The van der Waals surface area contributed by atoms with Crippen LogP contribution in [0.1, 0.15) is 18.1 Å². The number of rotatable bonds is 3. The second-order valence-electron chi connectivity index (χ2n) is 4.24. The van der Waals surface area contributed by atoms with Crippen LogP contribution in [0.5, 0.6) is 5.75 Å². The van der Waals surface area contributed by atoms with Crippen molar-refractivity contribution in [1.29, 1.82) is 0 Å². The number of nitrogens with zero attached hydrogens (tertiary/aromatic N) is 1. The third-order valence-corrected chi connectivity index (χ3v) is 2.58. The number of hydrogen-bond donors (Lipinski definition) is 0. The van der Waals surface area contributed by atoms with Crippen LogP contribution < -0.4 is 4.74 Å². The molecule has 1 rings (SSSR count). The molecule has 16 heavy (non-hydrogen) atoms. The van der Waals surface area contributed by atoms with E-state index in [0.29, 0.717) is 0 Å². The van der Waals surface area contributed by atoms with Gasteiger partial charge in [-0.05, 0) is 44.0 Å². The van der Waals surface area contributed by atoms with E-state index >= 15 is 0 Å². The van der Waals surface area contributed by atoms with E-state index in [1.165, 1.54) is 16.0 Å². The minimum absolute atomic E-state index is 0.0294. The van der Waals surface area contributed by atoms with Crippen molar-refractivity contribution in [3.8, 4) is 5.75 Å². The van der Waals surface area contributed by atoms with Crippen molar-refractivity contribution < 1.29 is 9.53 Å². The lowest BCUT2D eigenvalue weighted by Crippen LogP contribution is -2.35. The molecule has 0 N–H and O–H groups in total. The minimum atomic E-state index is -0.447. The zero-order valence-electron chi connectivity index (χ0n) is 10.6. The SMILES string of the molecule is Cc1ccc(OC(C)C(=O)N(C)C)cc1C. The molecule has 1 atom stereocenters. The highest BCUT2D eigenvalue weighted by atomic mass is 16.5. The molecule has 3 heteroatoms. The number of aryl methyl sites for hydroxylation is 2. The Labute approximate surface area is 97.0 Å². The number of benzene rings is 1. The summed E-state index contributed by atoms with van der Waals surface area (Å²) >= 11 is 0. The summed E-state index contributed by atoms with van der Waals surface area (Å²) in [5.41, 5.74) is 2.39. The van der Waals surface area contributed by atoms with Crippen molar-refractivity contribution in [2.75, 3.05) is 14.1 Å². The van der Waals surface area contributed by atoms with E-state index in [2.05, 4.69) is 0 Å². The summed E-state index contributed by atoms with van der Waals surface area (Å²) in [6.07, 6.45) is -0.447. The molecule has 0 aliphatic heterocycles. The topological polar surface area (TPSA) is 29.5 Å². The van der Waals surface area contributed by atoms with Crippen molar-refractivity contribution >= 4 is 5.91 Å². The second kappa shape index (κ2) is 5.01. The largest absolute Gasteiger partial charge is 0.481 e. The number of carbonyl (C=O) groups excluding carboxylic acids is 1. The van der Waals surface area contributed by atoms with Crippen LogP contribution in [0.4, 0.5) is 0 Å². The molecule has 1 aromatic rings. The molecular weight excluding hydrogens is 202 g/mol. The lowest BCUT2D eigenvalue weighted by atomic mass is 10.1. The molecule has 1 aromatic carbocycles. The van der Waals surface area contributed by atoms with Crippen LogP contribution in [0.2, 0.25) is 0 Å². The maximum atomic E-state index is 11.6. The normalized spacial score (nSPS) is 12.1. The third kappa shape index (κ3) is 2.99. The number of likely N-dealkylation sites (N-methyl/N-ethyl adjacent to an activating group) is 1. The quantitative estimate of drug-likeness (QED) is 0.782. The molecule has 1 unspecified atom stereocenters. The second-order valence-corrected chi connectivity index (χ2v) is 4.24. The average molecular weight is 221 g/mol. The van der Waals surface area contributed by atoms with Gasteiger partial charge in [0.05, 0.1) is 0 Å². The maximum absolute atomic E-state index is 11.6. The number of ether oxygens (including phenoxy) is 1. The van der Waals surface area contributed by atoms with Gasteiger partial charge in [-0.1, -0.05) is 6.07 Å². The Morgan fingerprint density at radius 3 is 2.38 bits per heavy atom. The Morgan fingerprint density at radius 1 is 1.25 bits per heavy atom. The minimum Gasteiger partial charge on any atom is -0.481 e. The van der Waals surface area contributed by atoms with Gasteiger partial charge < -0.3 is 9.64 Å². The Bertz CT molecular complexity index is 386. The van der Waals surface area contributed by atoms with Gasteiger partial charge in [0, 0.05) is 14.1 Å². The van der Waals surface area contributed by atoms with Gasteiger partial charge in [0.15, 0.2) is 6.10 Å². The molecule has 0 saturated heterocycles. The van der Waals surface area contributed by atoms with Crippen molar-refractivity contribution in [3.05, 3.63) is 29.3 Å². The first kappa shape index (κ1) is 12.6. The number of hydrogen-bond acceptors (Lipinski definition) is 2. The Morgan fingerprint density at radius 2 is 1.88 bits per heavy atom. The molecule has 0 saturated carbocycles. The predicted molar refractivity (Wildman–Crippen MR) is 64.7 cm³/mol. The fraction of sp³-hybridized carbons (Fsp3) is 0.462. The van der Waals surface area contributed by atoms with E-state index in [0.717, 1.165) is 5.75 Å². The first-order valence-electron chi connectivity index (χ1n) is 5.37. The van der Waals surface area contributed by atoms with E-state index in [9.17, 15) is 4.79 Å². The number of carbonyl (C=O) groups is 1. The lowest BCUT2D eigenvalue weighted by Gasteiger charge is -2.18. The zero-order valence-corrected chi connectivity index (χ0v) is 10.6.